The largest absolute Gasteiger partial charge is 0.496 e. The Morgan fingerprint density at radius 3 is 2.58 bits per heavy atom. The summed E-state index contributed by atoms with van der Waals surface area (Å²) in [5, 5.41) is 11.6. The van der Waals surface area contributed by atoms with Gasteiger partial charge in [0.2, 0.25) is 0 Å². The number of ether oxygens (including phenoxy) is 1. The minimum atomic E-state index is -0.412. The Balaban J connectivity index is 1.69. The summed E-state index contributed by atoms with van der Waals surface area (Å²) < 4.78 is 18.8. The lowest BCUT2D eigenvalue weighted by atomic mass is 10.1. The van der Waals surface area contributed by atoms with Crippen LogP contribution in [0, 0.1) is 15.9 Å². The Morgan fingerprint density at radius 2 is 1.92 bits per heavy atom. The number of halogens is 2. The van der Waals surface area contributed by atoms with Crippen LogP contribution in [-0.2, 0) is 6.54 Å². The molecule has 6 nitrogen and oxygen atoms in total. The Labute approximate surface area is 155 Å². The molecule has 0 atom stereocenters. The number of nitro groups is 1. The van der Waals surface area contributed by atoms with Gasteiger partial charge in [-0.25, -0.2) is 4.39 Å². The SMILES string of the molecule is COc1ccc(F)cc1CN1CCN(c2ccc(Cl)cc2[N+](=O)[O-])CC1. The molecule has 0 unspecified atom stereocenters. The lowest BCUT2D eigenvalue weighted by molar-refractivity contribution is -0.384. The van der Waals surface area contributed by atoms with Gasteiger partial charge in [0, 0.05) is 49.4 Å². The second kappa shape index (κ2) is 7.88. The van der Waals surface area contributed by atoms with E-state index in [1.165, 1.54) is 18.2 Å². The molecule has 0 aliphatic carbocycles. The van der Waals surface area contributed by atoms with Crippen LogP contribution in [0.2, 0.25) is 5.02 Å². The average Bonchev–Trinajstić information content (AvgIpc) is 2.62. The van der Waals surface area contributed by atoms with Gasteiger partial charge < -0.3 is 9.64 Å². The highest BCUT2D eigenvalue weighted by molar-refractivity contribution is 6.30. The van der Waals surface area contributed by atoms with Crippen molar-refractivity contribution >= 4 is 23.0 Å². The predicted molar refractivity (Wildman–Crippen MR) is 98.5 cm³/mol. The first kappa shape index (κ1) is 18.4. The third-order valence-electron chi connectivity index (χ3n) is 4.48. The van der Waals surface area contributed by atoms with Crippen LogP contribution in [0.3, 0.4) is 0 Å². The topological polar surface area (TPSA) is 58.8 Å². The lowest BCUT2D eigenvalue weighted by Crippen LogP contribution is -2.46. The van der Waals surface area contributed by atoms with Gasteiger partial charge in [0.15, 0.2) is 0 Å². The Morgan fingerprint density at radius 1 is 1.19 bits per heavy atom. The average molecular weight is 380 g/mol. The predicted octanol–water partition coefficient (Wildman–Crippen LogP) is 3.72. The highest BCUT2D eigenvalue weighted by Crippen LogP contribution is 2.32. The van der Waals surface area contributed by atoms with Crippen LogP contribution < -0.4 is 9.64 Å². The maximum atomic E-state index is 13.5. The van der Waals surface area contributed by atoms with Gasteiger partial charge in [-0.2, -0.15) is 0 Å². The molecular weight excluding hydrogens is 361 g/mol. The molecule has 3 rings (SSSR count). The number of nitrogens with zero attached hydrogens (tertiary/aromatic N) is 3. The molecule has 0 aromatic heterocycles. The highest BCUT2D eigenvalue weighted by atomic mass is 35.5. The van der Waals surface area contributed by atoms with E-state index in [1.807, 2.05) is 4.90 Å². The van der Waals surface area contributed by atoms with E-state index in [0.29, 0.717) is 49.2 Å². The molecule has 0 radical (unpaired) electrons. The molecule has 0 spiro atoms. The first-order valence-corrected chi connectivity index (χ1v) is 8.59. The Bertz CT molecular complexity index is 810. The van der Waals surface area contributed by atoms with E-state index >= 15 is 0 Å². The van der Waals surface area contributed by atoms with E-state index in [-0.39, 0.29) is 11.5 Å². The first-order valence-electron chi connectivity index (χ1n) is 8.21. The van der Waals surface area contributed by atoms with E-state index in [2.05, 4.69) is 4.90 Å². The van der Waals surface area contributed by atoms with Crippen LogP contribution in [-0.4, -0.2) is 43.1 Å². The van der Waals surface area contributed by atoms with E-state index in [1.54, 1.807) is 25.3 Å². The second-order valence-electron chi connectivity index (χ2n) is 6.11. The number of nitro benzene ring substituents is 1. The molecule has 2 aromatic rings. The normalized spacial score (nSPS) is 15.1. The standard InChI is InChI=1S/C18H19ClFN3O3/c1-26-18-5-3-15(20)10-13(18)12-21-6-8-22(9-7-21)16-4-2-14(19)11-17(16)23(24)25/h2-5,10-11H,6-9,12H2,1H3. The van der Waals surface area contributed by atoms with E-state index in [4.69, 9.17) is 16.3 Å². The van der Waals surface area contributed by atoms with Crippen molar-refractivity contribution in [2.75, 3.05) is 38.2 Å². The third kappa shape index (κ3) is 4.05. The molecule has 0 amide bonds. The molecule has 0 saturated carbocycles. The van der Waals surface area contributed by atoms with Gasteiger partial charge in [-0.05, 0) is 30.3 Å². The van der Waals surface area contributed by atoms with Crippen LogP contribution in [0.25, 0.3) is 0 Å². The zero-order valence-electron chi connectivity index (χ0n) is 14.3. The lowest BCUT2D eigenvalue weighted by Gasteiger charge is -2.36. The molecule has 1 aliphatic rings. The monoisotopic (exact) mass is 379 g/mol. The van der Waals surface area contributed by atoms with Gasteiger partial charge in [-0.3, -0.25) is 15.0 Å². The smallest absolute Gasteiger partial charge is 0.294 e. The Kier molecular flexibility index (Phi) is 5.58. The molecule has 2 aromatic carbocycles. The van der Waals surface area contributed by atoms with Gasteiger partial charge in [0.05, 0.1) is 12.0 Å². The van der Waals surface area contributed by atoms with Crippen LogP contribution in [0.5, 0.6) is 5.75 Å². The van der Waals surface area contributed by atoms with Crippen molar-refractivity contribution in [3.63, 3.8) is 0 Å². The summed E-state index contributed by atoms with van der Waals surface area (Å²) >= 11 is 5.88. The molecule has 0 bridgehead atoms. The summed E-state index contributed by atoms with van der Waals surface area (Å²) in [6, 6.07) is 9.20. The first-order chi connectivity index (χ1) is 12.5. The third-order valence-corrected chi connectivity index (χ3v) is 4.72. The fourth-order valence-corrected chi connectivity index (χ4v) is 3.34. The van der Waals surface area contributed by atoms with Gasteiger partial charge in [0.25, 0.3) is 5.69 Å². The van der Waals surface area contributed by atoms with Crippen LogP contribution in [0.15, 0.2) is 36.4 Å². The van der Waals surface area contributed by atoms with Crippen molar-refractivity contribution in [1.82, 2.24) is 4.90 Å². The van der Waals surface area contributed by atoms with E-state index in [9.17, 15) is 14.5 Å². The van der Waals surface area contributed by atoms with Crippen molar-refractivity contribution < 1.29 is 14.1 Å². The molecule has 1 heterocycles. The molecule has 1 aliphatic heterocycles. The van der Waals surface area contributed by atoms with Gasteiger partial charge >= 0.3 is 0 Å². The maximum absolute atomic E-state index is 13.5. The molecule has 1 fully saturated rings. The zero-order chi connectivity index (χ0) is 18.7. The fourth-order valence-electron chi connectivity index (χ4n) is 3.17. The number of hydrogen-bond donors (Lipinski definition) is 0. The summed E-state index contributed by atoms with van der Waals surface area (Å²) in [6.07, 6.45) is 0. The fraction of sp³-hybridized carbons (Fsp3) is 0.333. The van der Waals surface area contributed by atoms with Crippen LogP contribution in [0.1, 0.15) is 5.56 Å². The van der Waals surface area contributed by atoms with E-state index in [0.717, 1.165) is 5.56 Å². The van der Waals surface area contributed by atoms with Crippen LogP contribution >= 0.6 is 11.6 Å². The number of piperazine rings is 1. The number of hydrogen-bond acceptors (Lipinski definition) is 5. The number of methoxy groups -OCH3 is 1. The van der Waals surface area contributed by atoms with Crippen molar-refractivity contribution in [2.24, 2.45) is 0 Å². The molecule has 138 valence electrons. The zero-order valence-corrected chi connectivity index (χ0v) is 15.1. The molecule has 1 saturated heterocycles. The molecular formula is C18H19ClFN3O3. The van der Waals surface area contributed by atoms with Gasteiger partial charge in [0.1, 0.15) is 17.3 Å². The molecule has 26 heavy (non-hydrogen) atoms. The Hall–Kier alpha value is -2.38. The molecule has 8 heteroatoms. The summed E-state index contributed by atoms with van der Waals surface area (Å²) in [6.45, 7) is 3.26. The minimum Gasteiger partial charge on any atom is -0.496 e. The summed E-state index contributed by atoms with van der Waals surface area (Å²) in [4.78, 5) is 15.0. The van der Waals surface area contributed by atoms with Gasteiger partial charge in [-0.15, -0.1) is 0 Å². The highest BCUT2D eigenvalue weighted by Gasteiger charge is 2.24. The van der Waals surface area contributed by atoms with Crippen molar-refractivity contribution in [3.8, 4) is 5.75 Å². The van der Waals surface area contributed by atoms with E-state index < -0.39 is 4.92 Å². The number of anilines is 1. The van der Waals surface area contributed by atoms with Gasteiger partial charge in [-0.1, -0.05) is 11.6 Å². The summed E-state index contributed by atoms with van der Waals surface area (Å²) in [7, 11) is 1.56. The van der Waals surface area contributed by atoms with Crippen molar-refractivity contribution in [2.45, 2.75) is 6.54 Å². The van der Waals surface area contributed by atoms with Crippen LogP contribution in [0.4, 0.5) is 15.8 Å². The molecule has 0 N–H and O–H groups in total. The maximum Gasteiger partial charge on any atom is 0.294 e. The number of rotatable bonds is 5. The van der Waals surface area contributed by atoms with Crippen molar-refractivity contribution in [1.29, 1.82) is 0 Å². The summed E-state index contributed by atoms with van der Waals surface area (Å²) in [5.74, 6) is 0.360. The summed E-state index contributed by atoms with van der Waals surface area (Å²) in [5.41, 5.74) is 1.37. The minimum absolute atomic E-state index is 0.0118. The second-order valence-corrected chi connectivity index (χ2v) is 6.55. The number of benzene rings is 2. The quantitative estimate of drug-likeness (QED) is 0.585. The van der Waals surface area contributed by atoms with Crippen molar-refractivity contribution in [3.05, 3.63) is 62.9 Å².